The lowest BCUT2D eigenvalue weighted by Crippen LogP contribution is -2.48. The Bertz CT molecular complexity index is 451. The molecule has 6 atom stereocenters. The SMILES string of the molecule is CC1CCCC(C(=O)NC2CCCC(NC(=O)C3CCCC(C)C3)C2)C1. The molecule has 3 aliphatic carbocycles. The first kappa shape index (κ1) is 19.7. The highest BCUT2D eigenvalue weighted by Crippen LogP contribution is 2.30. The van der Waals surface area contributed by atoms with Gasteiger partial charge in [0, 0.05) is 23.9 Å². The van der Waals surface area contributed by atoms with E-state index < -0.39 is 0 Å². The fourth-order valence-corrected chi connectivity index (χ4v) is 5.43. The second kappa shape index (κ2) is 9.23. The molecule has 0 spiro atoms. The predicted octanol–water partition coefficient (Wildman–Crippen LogP) is 4.18. The van der Waals surface area contributed by atoms with Crippen LogP contribution in [0.5, 0.6) is 0 Å². The van der Waals surface area contributed by atoms with Crippen LogP contribution in [0.25, 0.3) is 0 Å². The maximum Gasteiger partial charge on any atom is 0.223 e. The van der Waals surface area contributed by atoms with Gasteiger partial charge in [-0.3, -0.25) is 9.59 Å². The van der Waals surface area contributed by atoms with Crippen molar-refractivity contribution in [1.29, 1.82) is 0 Å². The summed E-state index contributed by atoms with van der Waals surface area (Å²) in [6.45, 7) is 4.52. The molecular formula is C22H38N2O2. The number of nitrogens with one attached hydrogen (secondary N) is 2. The molecule has 3 rings (SSSR count). The van der Waals surface area contributed by atoms with Crippen LogP contribution in [-0.4, -0.2) is 23.9 Å². The van der Waals surface area contributed by atoms with Crippen LogP contribution in [0.4, 0.5) is 0 Å². The molecule has 0 radical (unpaired) electrons. The van der Waals surface area contributed by atoms with Gasteiger partial charge in [-0.15, -0.1) is 0 Å². The van der Waals surface area contributed by atoms with Crippen LogP contribution in [0.3, 0.4) is 0 Å². The maximum atomic E-state index is 12.6. The van der Waals surface area contributed by atoms with E-state index in [4.69, 9.17) is 0 Å². The molecule has 0 aromatic heterocycles. The molecule has 2 N–H and O–H groups in total. The van der Waals surface area contributed by atoms with E-state index in [0.717, 1.165) is 51.4 Å². The van der Waals surface area contributed by atoms with Gasteiger partial charge in [-0.1, -0.05) is 39.5 Å². The summed E-state index contributed by atoms with van der Waals surface area (Å²) in [6, 6.07) is 0.480. The van der Waals surface area contributed by atoms with Gasteiger partial charge in [0.15, 0.2) is 0 Å². The Morgan fingerprint density at radius 3 is 1.46 bits per heavy atom. The largest absolute Gasteiger partial charge is 0.353 e. The van der Waals surface area contributed by atoms with Crippen LogP contribution in [0.1, 0.15) is 90.9 Å². The highest BCUT2D eigenvalue weighted by molar-refractivity contribution is 5.79. The van der Waals surface area contributed by atoms with Gasteiger partial charge in [-0.25, -0.2) is 0 Å². The Balaban J connectivity index is 1.44. The topological polar surface area (TPSA) is 58.2 Å². The van der Waals surface area contributed by atoms with E-state index in [1.807, 2.05) is 0 Å². The zero-order valence-corrected chi connectivity index (χ0v) is 16.8. The van der Waals surface area contributed by atoms with Crippen molar-refractivity contribution in [3.05, 3.63) is 0 Å². The van der Waals surface area contributed by atoms with Crippen LogP contribution < -0.4 is 10.6 Å². The van der Waals surface area contributed by atoms with Crippen LogP contribution in [0.2, 0.25) is 0 Å². The van der Waals surface area contributed by atoms with Crippen molar-refractivity contribution < 1.29 is 9.59 Å². The van der Waals surface area contributed by atoms with E-state index in [9.17, 15) is 9.59 Å². The van der Waals surface area contributed by atoms with Gasteiger partial charge in [-0.2, -0.15) is 0 Å². The van der Waals surface area contributed by atoms with Gasteiger partial charge in [0.05, 0.1) is 0 Å². The number of hydrogen-bond donors (Lipinski definition) is 2. The fraction of sp³-hybridized carbons (Fsp3) is 0.909. The molecule has 3 fully saturated rings. The average Bonchev–Trinajstić information content (AvgIpc) is 2.62. The van der Waals surface area contributed by atoms with Gasteiger partial charge in [0.2, 0.25) is 11.8 Å². The summed E-state index contributed by atoms with van der Waals surface area (Å²) in [5, 5.41) is 6.62. The Morgan fingerprint density at radius 2 is 1.04 bits per heavy atom. The summed E-state index contributed by atoms with van der Waals surface area (Å²) in [7, 11) is 0. The lowest BCUT2D eigenvalue weighted by atomic mass is 9.81. The summed E-state index contributed by atoms with van der Waals surface area (Å²) in [6.07, 6.45) is 13.2. The van der Waals surface area contributed by atoms with Crippen LogP contribution in [0, 0.1) is 23.7 Å². The third-order valence-electron chi connectivity index (χ3n) is 6.98. The smallest absolute Gasteiger partial charge is 0.223 e. The van der Waals surface area contributed by atoms with Crippen LogP contribution in [0.15, 0.2) is 0 Å². The molecule has 0 bridgehead atoms. The van der Waals surface area contributed by atoms with E-state index in [1.165, 1.54) is 25.7 Å². The van der Waals surface area contributed by atoms with Gasteiger partial charge < -0.3 is 10.6 Å². The monoisotopic (exact) mass is 362 g/mol. The molecule has 3 aliphatic rings. The predicted molar refractivity (Wildman–Crippen MR) is 105 cm³/mol. The van der Waals surface area contributed by atoms with Crippen molar-refractivity contribution in [2.75, 3.05) is 0 Å². The van der Waals surface area contributed by atoms with Gasteiger partial charge >= 0.3 is 0 Å². The summed E-state index contributed by atoms with van der Waals surface area (Å²) in [5.74, 6) is 2.28. The van der Waals surface area contributed by atoms with E-state index in [0.29, 0.717) is 11.8 Å². The number of rotatable bonds is 4. The second-order valence-electron chi connectivity index (χ2n) is 9.52. The number of amides is 2. The van der Waals surface area contributed by atoms with E-state index in [-0.39, 0.29) is 35.7 Å². The first-order valence-electron chi connectivity index (χ1n) is 11.1. The Labute approximate surface area is 159 Å². The lowest BCUT2D eigenvalue weighted by molar-refractivity contribution is -0.127. The van der Waals surface area contributed by atoms with Crippen LogP contribution >= 0.6 is 0 Å². The van der Waals surface area contributed by atoms with E-state index in [2.05, 4.69) is 24.5 Å². The van der Waals surface area contributed by atoms with E-state index in [1.54, 1.807) is 0 Å². The molecular weight excluding hydrogens is 324 g/mol. The molecule has 0 saturated heterocycles. The fourth-order valence-electron chi connectivity index (χ4n) is 5.43. The van der Waals surface area contributed by atoms with Crippen LogP contribution in [-0.2, 0) is 9.59 Å². The first-order valence-corrected chi connectivity index (χ1v) is 11.1. The average molecular weight is 363 g/mol. The molecule has 6 unspecified atom stereocenters. The standard InChI is InChI=1S/C22H38N2O2/c1-15-6-3-8-17(12-15)21(25)23-19-10-5-11-20(14-19)24-22(26)18-9-4-7-16(2)13-18/h15-20H,3-14H2,1-2H3,(H,23,25)(H,24,26). The van der Waals surface area contributed by atoms with Crippen molar-refractivity contribution in [1.82, 2.24) is 10.6 Å². The van der Waals surface area contributed by atoms with Crippen molar-refractivity contribution in [3.63, 3.8) is 0 Å². The Morgan fingerprint density at radius 1 is 0.615 bits per heavy atom. The highest BCUT2D eigenvalue weighted by Gasteiger charge is 2.31. The number of carbonyl (C=O) groups excluding carboxylic acids is 2. The number of hydrogen-bond acceptors (Lipinski definition) is 2. The van der Waals surface area contributed by atoms with Gasteiger partial charge in [0.1, 0.15) is 0 Å². The minimum Gasteiger partial charge on any atom is -0.353 e. The summed E-state index contributed by atoms with van der Waals surface area (Å²) < 4.78 is 0. The Hall–Kier alpha value is -1.06. The highest BCUT2D eigenvalue weighted by atomic mass is 16.2. The molecule has 0 aromatic rings. The van der Waals surface area contributed by atoms with Crippen molar-refractivity contribution in [2.45, 2.75) is 103 Å². The third-order valence-corrected chi connectivity index (χ3v) is 6.98. The first-order chi connectivity index (χ1) is 12.5. The zero-order chi connectivity index (χ0) is 18.5. The van der Waals surface area contributed by atoms with Gasteiger partial charge in [-0.05, 0) is 63.2 Å². The summed E-state index contributed by atoms with van der Waals surface area (Å²) in [4.78, 5) is 25.3. The molecule has 4 heteroatoms. The molecule has 4 nitrogen and oxygen atoms in total. The summed E-state index contributed by atoms with van der Waals surface area (Å²) in [5.41, 5.74) is 0. The zero-order valence-electron chi connectivity index (χ0n) is 16.8. The minimum absolute atomic E-state index is 0.206. The Kier molecular flexibility index (Phi) is 6.99. The minimum atomic E-state index is 0.206. The molecule has 3 saturated carbocycles. The molecule has 148 valence electrons. The van der Waals surface area contributed by atoms with Crippen molar-refractivity contribution >= 4 is 11.8 Å². The maximum absolute atomic E-state index is 12.6. The molecule has 26 heavy (non-hydrogen) atoms. The molecule has 2 amide bonds. The quantitative estimate of drug-likeness (QED) is 0.788. The third kappa shape index (κ3) is 5.47. The van der Waals surface area contributed by atoms with Crippen molar-refractivity contribution in [3.8, 4) is 0 Å². The van der Waals surface area contributed by atoms with Crippen molar-refractivity contribution in [2.24, 2.45) is 23.7 Å². The molecule has 0 heterocycles. The molecule has 0 aliphatic heterocycles. The second-order valence-corrected chi connectivity index (χ2v) is 9.52. The number of carbonyl (C=O) groups is 2. The normalized spacial score (nSPS) is 38.4. The van der Waals surface area contributed by atoms with E-state index >= 15 is 0 Å². The lowest BCUT2D eigenvalue weighted by Gasteiger charge is -2.34. The molecule has 0 aromatic carbocycles. The van der Waals surface area contributed by atoms with Gasteiger partial charge in [0.25, 0.3) is 0 Å². The summed E-state index contributed by atoms with van der Waals surface area (Å²) >= 11 is 0.